The summed E-state index contributed by atoms with van der Waals surface area (Å²) in [6.45, 7) is 1.12. The Morgan fingerprint density at radius 2 is 2.47 bits per heavy atom. The fraction of sp³-hybridized carbons (Fsp3) is 0.692. The van der Waals surface area contributed by atoms with Crippen LogP contribution in [0.1, 0.15) is 41.9 Å². The topological polar surface area (TPSA) is 75.8 Å². The van der Waals surface area contributed by atoms with Gasteiger partial charge in [0.1, 0.15) is 6.61 Å². The van der Waals surface area contributed by atoms with Crippen molar-refractivity contribution in [3.63, 3.8) is 0 Å². The number of hydrogen-bond acceptors (Lipinski definition) is 5. The minimum Gasteiger partial charge on any atom is -0.396 e. The third-order valence-electron chi connectivity index (χ3n) is 3.41. The summed E-state index contributed by atoms with van der Waals surface area (Å²) >= 11 is 0. The number of carbonyl (C=O) groups excluding carboxylic acids is 1. The Kier molecular flexibility index (Phi) is 4.93. The molecule has 1 aliphatic rings. The van der Waals surface area contributed by atoms with Gasteiger partial charge in [-0.05, 0) is 25.7 Å². The van der Waals surface area contributed by atoms with Crippen LogP contribution in [0.2, 0.25) is 0 Å². The van der Waals surface area contributed by atoms with Crippen molar-refractivity contribution in [3.8, 4) is 0 Å². The molecular formula is C13H20N2O4. The van der Waals surface area contributed by atoms with Crippen molar-refractivity contribution in [1.82, 2.24) is 10.1 Å². The second kappa shape index (κ2) is 6.68. The Morgan fingerprint density at radius 3 is 3.21 bits per heavy atom. The Labute approximate surface area is 112 Å². The van der Waals surface area contributed by atoms with Crippen molar-refractivity contribution in [3.05, 3.63) is 17.5 Å². The highest BCUT2D eigenvalue weighted by molar-refractivity contribution is 5.92. The minimum atomic E-state index is -0.121. The molecule has 0 spiro atoms. The van der Waals surface area contributed by atoms with Crippen molar-refractivity contribution in [1.29, 1.82) is 0 Å². The lowest BCUT2D eigenvalue weighted by molar-refractivity contribution is 0.0564. The Bertz CT molecular complexity index is 417. The number of aliphatic hydroxyl groups excluding tert-OH is 1. The Balaban J connectivity index is 2.07. The number of likely N-dealkylation sites (tertiary alicyclic amines) is 1. The summed E-state index contributed by atoms with van der Waals surface area (Å²) in [7, 11) is 1.56. The molecule has 1 N–H and O–H groups in total. The summed E-state index contributed by atoms with van der Waals surface area (Å²) in [5.41, 5.74) is 0.317. The van der Waals surface area contributed by atoms with Gasteiger partial charge < -0.3 is 19.3 Å². The summed E-state index contributed by atoms with van der Waals surface area (Å²) in [6.07, 6.45) is 3.65. The first kappa shape index (κ1) is 14.0. The van der Waals surface area contributed by atoms with Gasteiger partial charge in [0.15, 0.2) is 11.5 Å². The van der Waals surface area contributed by atoms with Gasteiger partial charge in [0, 0.05) is 32.4 Å². The molecule has 0 saturated carbocycles. The van der Waals surface area contributed by atoms with Crippen molar-refractivity contribution in [2.45, 2.75) is 38.3 Å². The van der Waals surface area contributed by atoms with Crippen LogP contribution < -0.4 is 0 Å². The van der Waals surface area contributed by atoms with Gasteiger partial charge in [0.25, 0.3) is 5.91 Å². The van der Waals surface area contributed by atoms with E-state index >= 15 is 0 Å². The van der Waals surface area contributed by atoms with Crippen LogP contribution in [0.3, 0.4) is 0 Å². The number of carbonyl (C=O) groups is 1. The van der Waals surface area contributed by atoms with E-state index in [-0.39, 0.29) is 18.6 Å². The van der Waals surface area contributed by atoms with E-state index in [1.165, 1.54) is 0 Å². The zero-order chi connectivity index (χ0) is 13.7. The summed E-state index contributed by atoms with van der Waals surface area (Å²) in [6, 6.07) is 1.73. The largest absolute Gasteiger partial charge is 0.396 e. The molecule has 1 aromatic rings. The standard InChI is InChI=1S/C13H20N2O4/c1-18-9-11-8-12(14-19-11)13(17)15-6-3-2-4-10(15)5-7-16/h8,10,16H,2-7,9H2,1H3. The van der Waals surface area contributed by atoms with Crippen LogP contribution in [0.15, 0.2) is 10.6 Å². The molecule has 6 nitrogen and oxygen atoms in total. The average molecular weight is 268 g/mol. The van der Waals surface area contributed by atoms with Gasteiger partial charge in [-0.2, -0.15) is 0 Å². The van der Waals surface area contributed by atoms with E-state index in [9.17, 15) is 4.79 Å². The number of nitrogens with zero attached hydrogens (tertiary/aromatic N) is 2. The number of aliphatic hydroxyl groups is 1. The Hall–Kier alpha value is -1.40. The van der Waals surface area contributed by atoms with Crippen LogP contribution in [0.5, 0.6) is 0 Å². The molecule has 6 heteroatoms. The fourth-order valence-corrected chi connectivity index (χ4v) is 2.49. The van der Waals surface area contributed by atoms with Gasteiger partial charge in [0.2, 0.25) is 0 Å². The van der Waals surface area contributed by atoms with Crippen LogP contribution >= 0.6 is 0 Å². The molecule has 1 aromatic heterocycles. The third kappa shape index (κ3) is 3.33. The number of ether oxygens (including phenoxy) is 1. The van der Waals surface area contributed by atoms with Gasteiger partial charge >= 0.3 is 0 Å². The van der Waals surface area contributed by atoms with E-state index in [0.29, 0.717) is 24.5 Å². The number of hydrogen-bond donors (Lipinski definition) is 1. The van der Waals surface area contributed by atoms with Crippen LogP contribution in [0.25, 0.3) is 0 Å². The monoisotopic (exact) mass is 268 g/mol. The Morgan fingerprint density at radius 1 is 1.63 bits per heavy atom. The first-order chi connectivity index (χ1) is 9.26. The number of rotatable bonds is 5. The summed E-state index contributed by atoms with van der Waals surface area (Å²) in [5, 5.41) is 12.9. The maximum absolute atomic E-state index is 12.4. The van der Waals surface area contributed by atoms with Crippen molar-refractivity contribution in [2.24, 2.45) is 0 Å². The number of piperidine rings is 1. The molecule has 0 aliphatic carbocycles. The van der Waals surface area contributed by atoms with Crippen LogP contribution in [0.4, 0.5) is 0 Å². The highest BCUT2D eigenvalue weighted by atomic mass is 16.5. The van der Waals surface area contributed by atoms with Gasteiger partial charge in [-0.3, -0.25) is 4.79 Å². The van der Waals surface area contributed by atoms with Gasteiger partial charge in [-0.1, -0.05) is 5.16 Å². The normalized spacial score (nSPS) is 19.7. The summed E-state index contributed by atoms with van der Waals surface area (Å²) in [5.74, 6) is 0.422. The van der Waals surface area contributed by atoms with Crippen molar-refractivity contribution >= 4 is 5.91 Å². The predicted octanol–water partition coefficient (Wildman–Crippen LogP) is 1.20. The molecule has 1 fully saturated rings. The maximum Gasteiger partial charge on any atom is 0.276 e. The lowest BCUT2D eigenvalue weighted by Gasteiger charge is -2.34. The summed E-state index contributed by atoms with van der Waals surface area (Å²) in [4.78, 5) is 14.2. The molecule has 1 unspecified atom stereocenters. The molecule has 0 bridgehead atoms. The van der Waals surface area contributed by atoms with E-state index in [1.807, 2.05) is 0 Å². The molecule has 1 atom stereocenters. The molecule has 106 valence electrons. The molecular weight excluding hydrogens is 248 g/mol. The van der Waals surface area contributed by atoms with E-state index in [0.717, 1.165) is 25.8 Å². The quantitative estimate of drug-likeness (QED) is 0.868. The average Bonchev–Trinajstić information content (AvgIpc) is 2.88. The second-order valence-corrected chi connectivity index (χ2v) is 4.77. The van der Waals surface area contributed by atoms with Gasteiger partial charge in [-0.25, -0.2) is 0 Å². The van der Waals surface area contributed by atoms with Crippen molar-refractivity contribution in [2.75, 3.05) is 20.3 Å². The highest BCUT2D eigenvalue weighted by Crippen LogP contribution is 2.21. The molecule has 1 amide bonds. The van der Waals surface area contributed by atoms with Gasteiger partial charge in [-0.15, -0.1) is 0 Å². The SMILES string of the molecule is COCc1cc(C(=O)N2CCCCC2CCO)no1. The van der Waals surface area contributed by atoms with Crippen LogP contribution in [0, 0.1) is 0 Å². The molecule has 2 heterocycles. The number of aromatic nitrogens is 1. The van der Waals surface area contributed by atoms with E-state index in [4.69, 9.17) is 14.4 Å². The first-order valence-electron chi connectivity index (χ1n) is 6.62. The molecule has 0 radical (unpaired) electrons. The molecule has 19 heavy (non-hydrogen) atoms. The zero-order valence-corrected chi connectivity index (χ0v) is 11.2. The van der Waals surface area contributed by atoms with Crippen LogP contribution in [-0.2, 0) is 11.3 Å². The number of methoxy groups -OCH3 is 1. The predicted molar refractivity (Wildman–Crippen MR) is 67.6 cm³/mol. The zero-order valence-electron chi connectivity index (χ0n) is 11.2. The van der Waals surface area contributed by atoms with E-state index < -0.39 is 0 Å². The smallest absolute Gasteiger partial charge is 0.276 e. The number of amides is 1. The second-order valence-electron chi connectivity index (χ2n) is 4.77. The molecule has 2 rings (SSSR count). The minimum absolute atomic E-state index is 0.0994. The fourth-order valence-electron chi connectivity index (χ4n) is 2.49. The maximum atomic E-state index is 12.4. The van der Waals surface area contributed by atoms with Crippen molar-refractivity contribution < 1.29 is 19.2 Å². The van der Waals surface area contributed by atoms with E-state index in [1.54, 1.807) is 18.1 Å². The molecule has 1 saturated heterocycles. The molecule has 1 aliphatic heterocycles. The highest BCUT2D eigenvalue weighted by Gasteiger charge is 2.28. The first-order valence-corrected chi connectivity index (χ1v) is 6.62. The third-order valence-corrected chi connectivity index (χ3v) is 3.41. The van der Waals surface area contributed by atoms with Crippen LogP contribution in [-0.4, -0.2) is 47.4 Å². The van der Waals surface area contributed by atoms with Gasteiger partial charge in [0.05, 0.1) is 0 Å². The lowest BCUT2D eigenvalue weighted by Crippen LogP contribution is -2.44. The summed E-state index contributed by atoms with van der Waals surface area (Å²) < 4.78 is 9.97. The van der Waals surface area contributed by atoms with E-state index in [2.05, 4.69) is 5.16 Å². The lowest BCUT2D eigenvalue weighted by atomic mass is 9.99. The molecule has 0 aromatic carbocycles.